The second-order valence-electron chi connectivity index (χ2n) is 5.83. The van der Waals surface area contributed by atoms with Crippen LogP contribution in [0.15, 0.2) is 60.7 Å². The molecule has 0 aliphatic rings. The first-order chi connectivity index (χ1) is 12.7. The van der Waals surface area contributed by atoms with Gasteiger partial charge in [0.25, 0.3) is 5.91 Å². The molecule has 27 heavy (non-hydrogen) atoms. The van der Waals surface area contributed by atoms with Crippen molar-refractivity contribution in [1.82, 2.24) is 10.6 Å². The van der Waals surface area contributed by atoms with Gasteiger partial charge >= 0.3 is 11.9 Å². The fourth-order valence-electron chi connectivity index (χ4n) is 2.33. The molecule has 2 rings (SSSR count). The van der Waals surface area contributed by atoms with Gasteiger partial charge < -0.3 is 15.7 Å². The minimum Gasteiger partial charge on any atom is -0.479 e. The zero-order chi connectivity index (χ0) is 20.0. The smallest absolute Gasteiger partial charge is 0.349 e. The molecule has 1 unspecified atom stereocenters. The lowest BCUT2D eigenvalue weighted by Gasteiger charge is -2.21. The van der Waals surface area contributed by atoms with E-state index in [1.54, 1.807) is 18.2 Å². The maximum atomic E-state index is 14.2. The van der Waals surface area contributed by atoms with Gasteiger partial charge in [0.15, 0.2) is 6.04 Å². The van der Waals surface area contributed by atoms with Crippen LogP contribution >= 0.6 is 0 Å². The van der Waals surface area contributed by atoms with Gasteiger partial charge in [0.05, 0.1) is 0 Å². The summed E-state index contributed by atoms with van der Waals surface area (Å²) in [5, 5.41) is 13.4. The molecule has 0 fully saturated rings. The molecule has 0 saturated heterocycles. The fourth-order valence-corrected chi connectivity index (χ4v) is 2.33. The number of hydrogen-bond donors (Lipinski definition) is 3. The number of alkyl halides is 2. The van der Waals surface area contributed by atoms with Crippen LogP contribution in [-0.4, -0.2) is 28.9 Å². The summed E-state index contributed by atoms with van der Waals surface area (Å²) < 4.78 is 28.4. The number of nitrogens with one attached hydrogen (secondary N) is 2. The zero-order valence-electron chi connectivity index (χ0n) is 14.4. The molecule has 0 aliphatic heterocycles. The molecular weight excluding hydrogens is 358 g/mol. The Hall–Kier alpha value is -3.29. The van der Waals surface area contributed by atoms with E-state index in [0.29, 0.717) is 5.56 Å². The van der Waals surface area contributed by atoms with E-state index < -0.39 is 41.4 Å². The number of amides is 2. The number of carboxylic acids is 1. The molecule has 0 aliphatic carbocycles. The number of carbonyl (C=O) groups is 3. The number of halogens is 2. The number of rotatable bonds is 7. The fraction of sp³-hybridized carbons (Fsp3) is 0.211. The molecule has 0 saturated carbocycles. The molecule has 8 heteroatoms. The molecule has 3 N–H and O–H groups in total. The summed E-state index contributed by atoms with van der Waals surface area (Å²) >= 11 is 0. The summed E-state index contributed by atoms with van der Waals surface area (Å²) in [5.41, 5.74) is -0.200. The Morgan fingerprint density at radius 2 is 1.44 bits per heavy atom. The molecule has 0 bridgehead atoms. The third-order valence-corrected chi connectivity index (χ3v) is 3.83. The highest BCUT2D eigenvalue weighted by Gasteiger charge is 2.42. The quantitative estimate of drug-likeness (QED) is 0.691. The highest BCUT2D eigenvalue weighted by molar-refractivity contribution is 5.92. The number of aliphatic carboxylic acids is 1. The van der Waals surface area contributed by atoms with Crippen LogP contribution in [0.5, 0.6) is 0 Å². The number of benzene rings is 2. The Labute approximate surface area is 154 Å². The molecule has 2 aromatic carbocycles. The first-order valence-corrected chi connectivity index (χ1v) is 8.06. The normalized spacial score (nSPS) is 13.3. The van der Waals surface area contributed by atoms with Crippen LogP contribution in [0.2, 0.25) is 0 Å². The van der Waals surface area contributed by atoms with Gasteiger partial charge in [0.1, 0.15) is 6.04 Å². The number of carboxylic acid groups (broad SMARTS) is 1. The van der Waals surface area contributed by atoms with Crippen LogP contribution in [0.4, 0.5) is 8.78 Å². The van der Waals surface area contributed by atoms with Gasteiger partial charge in [-0.1, -0.05) is 60.7 Å². The maximum Gasteiger partial charge on any atom is 0.349 e. The van der Waals surface area contributed by atoms with E-state index >= 15 is 0 Å². The van der Waals surface area contributed by atoms with Gasteiger partial charge in [-0.3, -0.25) is 9.59 Å². The Balaban J connectivity index is 2.06. The summed E-state index contributed by atoms with van der Waals surface area (Å²) in [6.45, 7) is 1.19. The van der Waals surface area contributed by atoms with Gasteiger partial charge in [-0.2, -0.15) is 8.78 Å². The minimum absolute atomic E-state index is 0.312. The van der Waals surface area contributed by atoms with E-state index in [-0.39, 0.29) is 0 Å². The van der Waals surface area contributed by atoms with Crippen LogP contribution in [0.1, 0.15) is 24.1 Å². The Bertz CT molecular complexity index is 813. The Morgan fingerprint density at radius 1 is 0.926 bits per heavy atom. The lowest BCUT2D eigenvalue weighted by atomic mass is 10.1. The van der Waals surface area contributed by atoms with E-state index in [9.17, 15) is 28.3 Å². The summed E-state index contributed by atoms with van der Waals surface area (Å²) in [5.74, 6) is -7.70. The van der Waals surface area contributed by atoms with Crippen molar-refractivity contribution in [2.75, 3.05) is 0 Å². The first kappa shape index (κ1) is 20.0. The van der Waals surface area contributed by atoms with Crippen LogP contribution in [0, 0.1) is 0 Å². The van der Waals surface area contributed by atoms with Crippen LogP contribution in [0.3, 0.4) is 0 Å². The lowest BCUT2D eigenvalue weighted by Crippen LogP contribution is -2.50. The molecule has 0 radical (unpaired) electrons. The lowest BCUT2D eigenvalue weighted by molar-refractivity contribution is -0.149. The molecular formula is C19H18F2N2O4. The predicted molar refractivity (Wildman–Crippen MR) is 92.9 cm³/mol. The van der Waals surface area contributed by atoms with Gasteiger partial charge in [-0.05, 0) is 12.5 Å². The Kier molecular flexibility index (Phi) is 6.23. The minimum atomic E-state index is -3.83. The van der Waals surface area contributed by atoms with Crippen LogP contribution in [-0.2, 0) is 20.3 Å². The molecule has 0 aromatic heterocycles. The third kappa shape index (κ3) is 4.87. The largest absolute Gasteiger partial charge is 0.479 e. The summed E-state index contributed by atoms with van der Waals surface area (Å²) in [6, 6.07) is 11.6. The van der Waals surface area contributed by atoms with E-state index in [2.05, 4.69) is 5.32 Å². The molecule has 2 atom stereocenters. The van der Waals surface area contributed by atoms with Gasteiger partial charge in [0.2, 0.25) is 5.91 Å². The first-order valence-electron chi connectivity index (χ1n) is 8.06. The summed E-state index contributed by atoms with van der Waals surface area (Å²) in [7, 11) is 0. The molecule has 142 valence electrons. The molecule has 0 spiro atoms. The second-order valence-corrected chi connectivity index (χ2v) is 5.83. The second kappa shape index (κ2) is 8.39. The average molecular weight is 376 g/mol. The van der Waals surface area contributed by atoms with Gasteiger partial charge in [0, 0.05) is 5.56 Å². The van der Waals surface area contributed by atoms with Crippen LogP contribution < -0.4 is 10.6 Å². The monoisotopic (exact) mass is 376 g/mol. The molecule has 6 nitrogen and oxygen atoms in total. The summed E-state index contributed by atoms with van der Waals surface area (Å²) in [4.78, 5) is 35.5. The van der Waals surface area contributed by atoms with Crippen molar-refractivity contribution in [2.45, 2.75) is 24.9 Å². The van der Waals surface area contributed by atoms with Crippen molar-refractivity contribution in [3.8, 4) is 0 Å². The van der Waals surface area contributed by atoms with Crippen molar-refractivity contribution in [3.63, 3.8) is 0 Å². The SMILES string of the molecule is C[C@H](NC(=O)C(F)(F)c1ccccc1)C(=O)NC(C(=O)O)c1ccccc1. The van der Waals surface area contributed by atoms with E-state index in [1.165, 1.54) is 37.3 Å². The van der Waals surface area contributed by atoms with Gasteiger partial charge in [-0.15, -0.1) is 0 Å². The third-order valence-electron chi connectivity index (χ3n) is 3.83. The highest BCUT2D eigenvalue weighted by atomic mass is 19.3. The summed E-state index contributed by atoms with van der Waals surface area (Å²) in [6.07, 6.45) is 0. The highest BCUT2D eigenvalue weighted by Crippen LogP contribution is 2.28. The molecule has 2 aromatic rings. The molecule has 2 amide bonds. The molecule has 0 heterocycles. The van der Waals surface area contributed by atoms with E-state index in [4.69, 9.17) is 0 Å². The zero-order valence-corrected chi connectivity index (χ0v) is 14.4. The number of hydrogen-bond acceptors (Lipinski definition) is 3. The van der Waals surface area contributed by atoms with Crippen molar-refractivity contribution >= 4 is 17.8 Å². The van der Waals surface area contributed by atoms with Crippen molar-refractivity contribution in [2.24, 2.45) is 0 Å². The standard InChI is InChI=1S/C19H18F2N2O4/c1-12(22-18(27)19(20,21)14-10-6-3-7-11-14)16(24)23-15(17(25)26)13-8-4-2-5-9-13/h2-12,15H,1H3,(H,22,27)(H,23,24)(H,25,26)/t12-,15?/m0/s1. The van der Waals surface area contributed by atoms with Crippen molar-refractivity contribution in [3.05, 3.63) is 71.8 Å². The Morgan fingerprint density at radius 3 is 1.96 bits per heavy atom. The van der Waals surface area contributed by atoms with Gasteiger partial charge in [-0.25, -0.2) is 4.79 Å². The average Bonchev–Trinajstić information content (AvgIpc) is 2.66. The van der Waals surface area contributed by atoms with Crippen molar-refractivity contribution < 1.29 is 28.3 Å². The predicted octanol–water partition coefficient (Wildman–Crippen LogP) is 2.23. The number of carbonyl (C=O) groups excluding carboxylic acids is 2. The van der Waals surface area contributed by atoms with E-state index in [0.717, 1.165) is 12.1 Å². The topological polar surface area (TPSA) is 95.5 Å². The van der Waals surface area contributed by atoms with Crippen molar-refractivity contribution in [1.29, 1.82) is 0 Å². The maximum absolute atomic E-state index is 14.2. The van der Waals surface area contributed by atoms with E-state index in [1.807, 2.05) is 5.32 Å². The van der Waals surface area contributed by atoms with Crippen LogP contribution in [0.25, 0.3) is 0 Å².